The van der Waals surface area contributed by atoms with Gasteiger partial charge in [0.1, 0.15) is 6.26 Å². The van der Waals surface area contributed by atoms with Gasteiger partial charge < -0.3 is 10.1 Å². The summed E-state index contributed by atoms with van der Waals surface area (Å²) >= 11 is 2.16. The molecule has 0 bridgehead atoms. The second kappa shape index (κ2) is 1.90. The molecule has 0 radical (unpaired) electrons. The van der Waals surface area contributed by atoms with Crippen LogP contribution in [0, 0.1) is 0 Å². The summed E-state index contributed by atoms with van der Waals surface area (Å²) in [5, 5.41) is 3.04. The zero-order valence-electron chi connectivity index (χ0n) is 3.94. The van der Waals surface area contributed by atoms with Crippen LogP contribution in [-0.2, 0) is 4.74 Å². The van der Waals surface area contributed by atoms with Crippen LogP contribution < -0.4 is 5.32 Å². The van der Waals surface area contributed by atoms with E-state index < -0.39 is 0 Å². The molecule has 0 amide bonds. The molecule has 7 heavy (non-hydrogen) atoms. The first-order chi connectivity index (χ1) is 3.29. The molecule has 0 aromatic heterocycles. The molecule has 0 saturated heterocycles. The quantitative estimate of drug-likeness (QED) is 0.369. The monoisotopic (exact) mass is 211 g/mol. The summed E-state index contributed by atoms with van der Waals surface area (Å²) in [6.45, 7) is 1.97. The van der Waals surface area contributed by atoms with Crippen molar-refractivity contribution in [3.63, 3.8) is 0 Å². The molecule has 1 N–H and O–H groups in total. The Labute approximate surface area is 56.1 Å². The van der Waals surface area contributed by atoms with Gasteiger partial charge in [-0.3, -0.25) is 0 Å². The van der Waals surface area contributed by atoms with Gasteiger partial charge >= 0.3 is 0 Å². The van der Waals surface area contributed by atoms with Crippen molar-refractivity contribution in [1.82, 2.24) is 5.32 Å². The van der Waals surface area contributed by atoms with Crippen molar-refractivity contribution in [2.45, 2.75) is 11.2 Å². The van der Waals surface area contributed by atoms with Crippen molar-refractivity contribution in [3.05, 3.63) is 12.0 Å². The third-order valence-electron chi connectivity index (χ3n) is 0.705. The third-order valence-corrected chi connectivity index (χ3v) is 1.31. The molecule has 1 atom stereocenters. The fourth-order valence-electron chi connectivity index (χ4n) is 0.409. The Morgan fingerprint density at radius 3 is 2.86 bits per heavy atom. The second-order valence-electron chi connectivity index (χ2n) is 1.40. The van der Waals surface area contributed by atoms with Crippen molar-refractivity contribution in [3.8, 4) is 0 Å². The molecule has 0 fully saturated rings. The molecule has 3 heteroatoms. The molecule has 1 aliphatic heterocycles. The molecule has 0 spiro atoms. The van der Waals surface area contributed by atoms with Crippen LogP contribution in [0.3, 0.4) is 0 Å². The summed E-state index contributed by atoms with van der Waals surface area (Å²) in [4.78, 5) is 0. The Hall–Kier alpha value is 0.0700. The lowest BCUT2D eigenvalue weighted by Gasteiger charge is -1.99. The minimum Gasteiger partial charge on any atom is -0.468 e. The highest BCUT2D eigenvalue weighted by molar-refractivity contribution is 14.1. The normalized spacial score (nSPS) is 28.3. The Kier molecular flexibility index (Phi) is 1.41. The average Bonchev–Trinajstić information content (AvgIpc) is 1.87. The highest BCUT2D eigenvalue weighted by Gasteiger charge is 2.06. The maximum absolute atomic E-state index is 4.98. The SMILES string of the molecule is CC1=COC(I)N1. The number of hydrogen-bond acceptors (Lipinski definition) is 2. The van der Waals surface area contributed by atoms with Crippen LogP contribution in [0.25, 0.3) is 0 Å². The highest BCUT2D eigenvalue weighted by atomic mass is 127. The zero-order chi connectivity index (χ0) is 5.28. The van der Waals surface area contributed by atoms with Gasteiger partial charge in [0.2, 0.25) is 4.23 Å². The van der Waals surface area contributed by atoms with Crippen molar-refractivity contribution < 1.29 is 4.74 Å². The maximum atomic E-state index is 4.98. The zero-order valence-corrected chi connectivity index (χ0v) is 6.10. The fourth-order valence-corrected chi connectivity index (χ4v) is 1.05. The van der Waals surface area contributed by atoms with E-state index in [1.807, 2.05) is 6.92 Å². The van der Waals surface area contributed by atoms with Crippen LogP contribution >= 0.6 is 22.6 Å². The molecule has 0 aliphatic carbocycles. The van der Waals surface area contributed by atoms with Crippen LogP contribution in [0.5, 0.6) is 0 Å². The summed E-state index contributed by atoms with van der Waals surface area (Å²) in [6, 6.07) is 0. The topological polar surface area (TPSA) is 21.3 Å². The number of nitrogens with one attached hydrogen (secondary N) is 1. The van der Waals surface area contributed by atoms with E-state index in [0.717, 1.165) is 5.70 Å². The lowest BCUT2D eigenvalue weighted by molar-refractivity contribution is 0.249. The first-order valence-corrected chi connectivity index (χ1v) is 3.26. The standard InChI is InChI=1S/C4H6INO/c1-3-2-7-4(5)6-3/h2,4,6H,1H3. The van der Waals surface area contributed by atoms with Crippen LogP contribution in [0.1, 0.15) is 6.92 Å². The molecule has 1 rings (SSSR count). The number of allylic oxidation sites excluding steroid dienone is 1. The van der Waals surface area contributed by atoms with E-state index in [4.69, 9.17) is 4.74 Å². The van der Waals surface area contributed by atoms with Crippen LogP contribution in [0.15, 0.2) is 12.0 Å². The molecule has 0 saturated carbocycles. The minimum atomic E-state index is 0.151. The minimum absolute atomic E-state index is 0.151. The molecule has 40 valence electrons. The van der Waals surface area contributed by atoms with Gasteiger partial charge in [0.25, 0.3) is 0 Å². The molecule has 0 aromatic carbocycles. The smallest absolute Gasteiger partial charge is 0.220 e. The van der Waals surface area contributed by atoms with Crippen LogP contribution in [0.4, 0.5) is 0 Å². The molecule has 1 unspecified atom stereocenters. The number of halogens is 1. The van der Waals surface area contributed by atoms with Gasteiger partial charge in [0.15, 0.2) is 0 Å². The first-order valence-electron chi connectivity index (χ1n) is 2.02. The molecule has 0 aromatic rings. The van der Waals surface area contributed by atoms with Crippen molar-refractivity contribution in [2.24, 2.45) is 0 Å². The summed E-state index contributed by atoms with van der Waals surface area (Å²) in [5.74, 6) is 0. The summed E-state index contributed by atoms with van der Waals surface area (Å²) in [6.07, 6.45) is 1.72. The van der Waals surface area contributed by atoms with E-state index in [-0.39, 0.29) is 4.23 Å². The van der Waals surface area contributed by atoms with Gasteiger partial charge in [0, 0.05) is 5.70 Å². The summed E-state index contributed by atoms with van der Waals surface area (Å²) < 4.78 is 5.13. The lowest BCUT2D eigenvalue weighted by atomic mass is 10.6. The fraction of sp³-hybridized carbons (Fsp3) is 0.500. The van der Waals surface area contributed by atoms with E-state index in [2.05, 4.69) is 27.9 Å². The molecular formula is C4H6INO. The Morgan fingerprint density at radius 2 is 2.71 bits per heavy atom. The Balaban J connectivity index is 2.42. The largest absolute Gasteiger partial charge is 0.468 e. The van der Waals surface area contributed by atoms with Gasteiger partial charge in [-0.1, -0.05) is 0 Å². The molecule has 1 aliphatic rings. The predicted octanol–water partition coefficient (Wildman–Crippen LogP) is 1.19. The van der Waals surface area contributed by atoms with Crippen LogP contribution in [0.2, 0.25) is 0 Å². The summed E-state index contributed by atoms with van der Waals surface area (Å²) in [5.41, 5.74) is 1.10. The first kappa shape index (κ1) is 5.21. The van der Waals surface area contributed by atoms with Gasteiger partial charge in [-0.2, -0.15) is 0 Å². The lowest BCUT2D eigenvalue weighted by Crippen LogP contribution is -2.14. The van der Waals surface area contributed by atoms with E-state index in [0.29, 0.717) is 0 Å². The highest BCUT2D eigenvalue weighted by Crippen LogP contribution is 2.09. The molecule has 1 heterocycles. The van der Waals surface area contributed by atoms with Gasteiger partial charge in [-0.25, -0.2) is 0 Å². The number of rotatable bonds is 0. The Bertz CT molecular complexity index is 102. The van der Waals surface area contributed by atoms with E-state index in [1.165, 1.54) is 0 Å². The van der Waals surface area contributed by atoms with Crippen molar-refractivity contribution in [1.29, 1.82) is 0 Å². The second-order valence-corrected chi connectivity index (χ2v) is 2.53. The van der Waals surface area contributed by atoms with E-state index in [1.54, 1.807) is 6.26 Å². The molecule has 2 nitrogen and oxygen atoms in total. The summed E-state index contributed by atoms with van der Waals surface area (Å²) in [7, 11) is 0. The Morgan fingerprint density at radius 1 is 2.00 bits per heavy atom. The maximum Gasteiger partial charge on any atom is 0.220 e. The number of ether oxygens (including phenoxy) is 1. The predicted molar refractivity (Wildman–Crippen MR) is 35.8 cm³/mol. The van der Waals surface area contributed by atoms with E-state index in [9.17, 15) is 0 Å². The third kappa shape index (κ3) is 1.22. The van der Waals surface area contributed by atoms with Gasteiger partial charge in [0.05, 0.1) is 0 Å². The van der Waals surface area contributed by atoms with Gasteiger partial charge in [-0.05, 0) is 29.5 Å². The number of alkyl halides is 1. The van der Waals surface area contributed by atoms with Gasteiger partial charge in [-0.15, -0.1) is 0 Å². The number of hydrogen-bond donors (Lipinski definition) is 1. The van der Waals surface area contributed by atoms with Crippen LogP contribution in [-0.4, -0.2) is 4.23 Å². The van der Waals surface area contributed by atoms with E-state index >= 15 is 0 Å². The van der Waals surface area contributed by atoms with Crippen molar-refractivity contribution >= 4 is 22.6 Å². The average molecular weight is 211 g/mol. The van der Waals surface area contributed by atoms with Crippen molar-refractivity contribution in [2.75, 3.05) is 0 Å². The molecular weight excluding hydrogens is 205 g/mol.